The molecule has 2 heterocycles. The fourth-order valence-electron chi connectivity index (χ4n) is 5.25. The van der Waals surface area contributed by atoms with Crippen LogP contribution in [0.5, 0.6) is 0 Å². The van der Waals surface area contributed by atoms with Gasteiger partial charge in [-0.15, -0.1) is 0 Å². The first-order valence-corrected chi connectivity index (χ1v) is 15.7. The number of aromatic amines is 1. The topological polar surface area (TPSA) is 110 Å². The zero-order valence-corrected chi connectivity index (χ0v) is 22.8. The van der Waals surface area contributed by atoms with Crippen molar-refractivity contribution >= 4 is 25.8 Å². The number of hydrogen-bond donors (Lipinski definition) is 4. The molecule has 0 saturated heterocycles. The lowest BCUT2D eigenvalue weighted by molar-refractivity contribution is -0.121. The van der Waals surface area contributed by atoms with E-state index in [0.717, 1.165) is 30.5 Å². The average Bonchev–Trinajstić information content (AvgIpc) is 3.09. The number of nitrogens with one attached hydrogen (secondary N) is 3. The first-order valence-electron chi connectivity index (χ1n) is 12.2. The Labute approximate surface area is 199 Å². The maximum absolute atomic E-state index is 13.3. The molecule has 0 radical (unpaired) electrons. The maximum atomic E-state index is 13.3. The lowest BCUT2D eigenvalue weighted by atomic mass is 9.83. The van der Waals surface area contributed by atoms with Gasteiger partial charge in [0.15, 0.2) is 5.82 Å². The number of nitrogens with zero attached hydrogens (tertiary/aromatic N) is 2. The summed E-state index contributed by atoms with van der Waals surface area (Å²) in [6, 6.07) is -0.331. The van der Waals surface area contributed by atoms with E-state index >= 15 is 0 Å². The van der Waals surface area contributed by atoms with Crippen molar-refractivity contribution in [1.29, 1.82) is 0 Å². The van der Waals surface area contributed by atoms with E-state index in [1.807, 2.05) is 27.7 Å². The second kappa shape index (κ2) is 8.41. The standard InChI is InChI=1S/C24H43N5O3Si/c1-15(2)17(13-22(3,4)32)25-21(31)29-14-16-18(23(29,5)6)27-28-19(16)26-20(30)24(11-10-12-24)33(7,8)9/h15,17,32H,10-14H2,1-9H3,(H,25,31)(H2,26,27,28,30)/t17-/m1/s1. The van der Waals surface area contributed by atoms with E-state index < -0.39 is 19.2 Å². The maximum Gasteiger partial charge on any atom is 0.318 e. The molecule has 1 fully saturated rings. The van der Waals surface area contributed by atoms with E-state index in [9.17, 15) is 14.7 Å². The van der Waals surface area contributed by atoms with Crippen molar-refractivity contribution < 1.29 is 14.7 Å². The summed E-state index contributed by atoms with van der Waals surface area (Å²) in [4.78, 5) is 28.4. The first kappa shape index (κ1) is 25.7. The van der Waals surface area contributed by atoms with E-state index in [2.05, 4.69) is 40.5 Å². The molecule has 1 aromatic heterocycles. The first-order chi connectivity index (χ1) is 15.0. The fraction of sp³-hybridized carbons (Fsp3) is 0.792. The SMILES string of the molecule is CC(C)[C@@H](CC(C)(C)O)NC(=O)N1Cc2c(NC(=O)C3([Si](C)(C)C)CCC3)n[nH]c2C1(C)C. The van der Waals surface area contributed by atoms with Gasteiger partial charge in [-0.1, -0.05) is 39.9 Å². The number of fused-ring (bicyclic) bond motifs is 1. The minimum atomic E-state index is -1.70. The third kappa shape index (κ3) is 4.71. The number of aliphatic hydroxyl groups is 1. The third-order valence-corrected chi connectivity index (χ3v) is 11.5. The van der Waals surface area contributed by atoms with E-state index in [4.69, 9.17) is 0 Å². The molecule has 0 bridgehead atoms. The zero-order valence-electron chi connectivity index (χ0n) is 21.8. The summed E-state index contributed by atoms with van der Waals surface area (Å²) in [6.45, 7) is 18.7. The molecule has 1 atom stereocenters. The number of urea groups is 1. The summed E-state index contributed by atoms with van der Waals surface area (Å²) in [5.74, 6) is 0.799. The molecule has 4 N–H and O–H groups in total. The Bertz CT molecular complexity index is 906. The number of carbonyl (C=O) groups is 2. The second-order valence-corrected chi connectivity index (χ2v) is 18.0. The average molecular weight is 478 g/mol. The molecule has 186 valence electrons. The van der Waals surface area contributed by atoms with Gasteiger partial charge in [-0.05, 0) is 52.9 Å². The van der Waals surface area contributed by atoms with Crippen LogP contribution in [0.4, 0.5) is 10.6 Å². The van der Waals surface area contributed by atoms with Gasteiger partial charge >= 0.3 is 6.03 Å². The molecule has 1 aliphatic heterocycles. The van der Waals surface area contributed by atoms with Gasteiger partial charge in [-0.3, -0.25) is 9.89 Å². The van der Waals surface area contributed by atoms with Gasteiger partial charge in [0.1, 0.15) is 0 Å². The van der Waals surface area contributed by atoms with Gasteiger partial charge in [0, 0.05) is 16.6 Å². The Morgan fingerprint density at radius 2 is 1.85 bits per heavy atom. The monoisotopic (exact) mass is 477 g/mol. The molecule has 9 heteroatoms. The highest BCUT2D eigenvalue weighted by molar-refractivity contribution is 6.83. The number of hydrogen-bond acceptors (Lipinski definition) is 4. The number of aromatic nitrogens is 2. The minimum absolute atomic E-state index is 0.0768. The Hall–Kier alpha value is -1.87. The van der Waals surface area contributed by atoms with Crippen LogP contribution in [0.1, 0.15) is 78.5 Å². The Balaban J connectivity index is 1.78. The third-order valence-electron chi connectivity index (χ3n) is 7.86. The number of carbonyl (C=O) groups excluding carboxylic acids is 2. The molecule has 0 spiro atoms. The predicted octanol–water partition coefficient (Wildman–Crippen LogP) is 4.56. The molecular weight excluding hydrogens is 434 g/mol. The van der Waals surface area contributed by atoms with E-state index in [0.29, 0.717) is 18.8 Å². The van der Waals surface area contributed by atoms with Crippen molar-refractivity contribution in [2.75, 3.05) is 5.32 Å². The highest BCUT2D eigenvalue weighted by Crippen LogP contribution is 2.56. The quantitative estimate of drug-likeness (QED) is 0.432. The molecule has 8 nitrogen and oxygen atoms in total. The summed E-state index contributed by atoms with van der Waals surface area (Å²) in [5, 5.41) is 23.8. The summed E-state index contributed by atoms with van der Waals surface area (Å²) in [6.07, 6.45) is 3.45. The Morgan fingerprint density at radius 3 is 2.30 bits per heavy atom. The summed E-state index contributed by atoms with van der Waals surface area (Å²) in [5.41, 5.74) is 0.255. The highest BCUT2D eigenvalue weighted by atomic mass is 28.3. The molecule has 1 aromatic rings. The van der Waals surface area contributed by atoms with Gasteiger partial charge in [-0.2, -0.15) is 5.10 Å². The normalized spacial score (nSPS) is 20.3. The number of amides is 3. The van der Waals surface area contributed by atoms with Crippen LogP contribution in [0.25, 0.3) is 0 Å². The van der Waals surface area contributed by atoms with Gasteiger partial charge in [-0.25, -0.2) is 4.79 Å². The van der Waals surface area contributed by atoms with E-state index in [1.54, 1.807) is 18.7 Å². The highest BCUT2D eigenvalue weighted by Gasteiger charge is 2.54. The summed E-state index contributed by atoms with van der Waals surface area (Å²) < 4.78 is 0. The van der Waals surface area contributed by atoms with Crippen LogP contribution in [0.15, 0.2) is 0 Å². The van der Waals surface area contributed by atoms with Crippen LogP contribution < -0.4 is 10.6 Å². The van der Waals surface area contributed by atoms with Crippen LogP contribution >= 0.6 is 0 Å². The van der Waals surface area contributed by atoms with Crippen LogP contribution in [0.2, 0.25) is 24.7 Å². The molecule has 0 aromatic carbocycles. The van der Waals surface area contributed by atoms with E-state index in [1.165, 1.54) is 0 Å². The number of H-pyrrole nitrogens is 1. The van der Waals surface area contributed by atoms with Crippen LogP contribution in [0, 0.1) is 5.92 Å². The van der Waals surface area contributed by atoms with Crippen LogP contribution in [0.3, 0.4) is 0 Å². The molecular formula is C24H43N5O3Si. The largest absolute Gasteiger partial charge is 0.390 e. The van der Waals surface area contributed by atoms with Crippen molar-refractivity contribution in [3.8, 4) is 0 Å². The van der Waals surface area contributed by atoms with Crippen LogP contribution in [-0.2, 0) is 16.9 Å². The van der Waals surface area contributed by atoms with E-state index in [-0.39, 0.29) is 28.9 Å². The van der Waals surface area contributed by atoms with Crippen molar-refractivity contribution in [3.63, 3.8) is 0 Å². The van der Waals surface area contributed by atoms with Gasteiger partial charge in [0.25, 0.3) is 0 Å². The van der Waals surface area contributed by atoms with Crippen molar-refractivity contribution in [3.05, 3.63) is 11.3 Å². The smallest absolute Gasteiger partial charge is 0.318 e. The van der Waals surface area contributed by atoms with Gasteiger partial charge in [0.05, 0.1) is 31.5 Å². The zero-order chi connectivity index (χ0) is 25.0. The summed E-state index contributed by atoms with van der Waals surface area (Å²) >= 11 is 0. The van der Waals surface area contributed by atoms with Crippen molar-refractivity contribution in [2.24, 2.45) is 5.92 Å². The Morgan fingerprint density at radius 1 is 1.24 bits per heavy atom. The fourth-order valence-corrected chi connectivity index (χ4v) is 7.85. The van der Waals surface area contributed by atoms with Gasteiger partial charge < -0.3 is 20.6 Å². The number of rotatable bonds is 7. The number of anilines is 1. The lowest BCUT2D eigenvalue weighted by Crippen LogP contribution is -2.52. The summed E-state index contributed by atoms with van der Waals surface area (Å²) in [7, 11) is -1.70. The molecule has 1 aliphatic carbocycles. The molecule has 1 saturated carbocycles. The molecule has 3 rings (SSSR count). The van der Waals surface area contributed by atoms with Crippen molar-refractivity contribution in [1.82, 2.24) is 20.4 Å². The minimum Gasteiger partial charge on any atom is -0.390 e. The molecule has 0 unspecified atom stereocenters. The van der Waals surface area contributed by atoms with Gasteiger partial charge in [0.2, 0.25) is 5.91 Å². The predicted molar refractivity (Wildman–Crippen MR) is 134 cm³/mol. The van der Waals surface area contributed by atoms with Crippen LogP contribution in [-0.4, -0.2) is 51.9 Å². The molecule has 2 aliphatic rings. The van der Waals surface area contributed by atoms with Crippen molar-refractivity contribution in [2.45, 2.75) is 116 Å². The molecule has 33 heavy (non-hydrogen) atoms. The lowest BCUT2D eigenvalue weighted by Gasteiger charge is -2.48. The second-order valence-electron chi connectivity index (χ2n) is 12.5. The Kier molecular flexibility index (Phi) is 6.56. The molecule has 3 amide bonds.